The minimum Gasteiger partial charge on any atom is -0.383 e. The van der Waals surface area contributed by atoms with E-state index in [1.807, 2.05) is 0 Å². The number of nitrogens with zero attached hydrogens (tertiary/aromatic N) is 2. The van der Waals surface area contributed by atoms with Crippen molar-refractivity contribution in [3.8, 4) is 0 Å². The normalized spacial score (nSPS) is 10.4. The Morgan fingerprint density at radius 1 is 1.06 bits per heavy atom. The van der Waals surface area contributed by atoms with Gasteiger partial charge in [0.2, 0.25) is 5.95 Å². The number of aromatic nitrogens is 2. The molecule has 0 bridgehead atoms. The van der Waals surface area contributed by atoms with Crippen LogP contribution in [0.15, 0.2) is 27.3 Å². The third-order valence-electron chi connectivity index (χ3n) is 1.97. The van der Waals surface area contributed by atoms with Gasteiger partial charge < -0.3 is 11.1 Å². The summed E-state index contributed by atoms with van der Waals surface area (Å²) < 4.78 is 27.1. The van der Waals surface area contributed by atoms with Crippen molar-refractivity contribution in [1.82, 2.24) is 9.97 Å². The Bertz CT molecular complexity index is 586. The second kappa shape index (κ2) is 5.15. The van der Waals surface area contributed by atoms with E-state index in [1.54, 1.807) is 0 Å². The van der Waals surface area contributed by atoms with Gasteiger partial charge in [-0.2, -0.15) is 4.98 Å². The Hall–Kier alpha value is -1.28. The predicted molar refractivity (Wildman–Crippen MR) is 71.5 cm³/mol. The molecule has 3 N–H and O–H groups in total. The van der Waals surface area contributed by atoms with Gasteiger partial charge in [0.1, 0.15) is 22.1 Å². The zero-order valence-corrected chi connectivity index (χ0v) is 11.9. The Morgan fingerprint density at radius 3 is 2.44 bits per heavy atom. The minimum atomic E-state index is -0.752. The second-order valence-corrected chi connectivity index (χ2v) is 4.98. The highest BCUT2D eigenvalue weighted by Gasteiger charge is 2.10. The average Bonchev–Trinajstić information content (AvgIpc) is 2.24. The SMILES string of the molecule is Nc1cc(Br)nc(Nc2cc(Br)c(F)cc2F)n1. The van der Waals surface area contributed by atoms with Crippen LogP contribution in [0.2, 0.25) is 0 Å². The van der Waals surface area contributed by atoms with Crippen LogP contribution < -0.4 is 11.1 Å². The first-order chi connectivity index (χ1) is 8.45. The quantitative estimate of drug-likeness (QED) is 0.618. The summed E-state index contributed by atoms with van der Waals surface area (Å²) in [6.45, 7) is 0. The molecule has 18 heavy (non-hydrogen) atoms. The number of halogens is 4. The van der Waals surface area contributed by atoms with Gasteiger partial charge in [0.05, 0.1) is 10.2 Å². The van der Waals surface area contributed by atoms with Crippen LogP contribution in [-0.4, -0.2) is 9.97 Å². The van der Waals surface area contributed by atoms with Gasteiger partial charge in [-0.3, -0.25) is 0 Å². The zero-order chi connectivity index (χ0) is 13.3. The maximum absolute atomic E-state index is 13.5. The lowest BCUT2D eigenvalue weighted by Crippen LogP contribution is -2.02. The first kappa shape index (κ1) is 13.2. The number of benzene rings is 1. The van der Waals surface area contributed by atoms with E-state index in [0.29, 0.717) is 4.60 Å². The van der Waals surface area contributed by atoms with Crippen molar-refractivity contribution in [2.75, 3.05) is 11.1 Å². The molecule has 0 aliphatic rings. The molecule has 0 radical (unpaired) electrons. The number of nitrogens with one attached hydrogen (secondary N) is 1. The summed E-state index contributed by atoms with van der Waals surface area (Å²) in [6, 6.07) is 3.51. The lowest BCUT2D eigenvalue weighted by molar-refractivity contribution is 0.581. The topological polar surface area (TPSA) is 63.8 Å². The van der Waals surface area contributed by atoms with Crippen LogP contribution in [-0.2, 0) is 0 Å². The van der Waals surface area contributed by atoms with Gasteiger partial charge in [0.25, 0.3) is 0 Å². The molecular formula is C10H6Br2F2N4. The molecule has 0 saturated heterocycles. The van der Waals surface area contributed by atoms with E-state index >= 15 is 0 Å². The average molecular weight is 380 g/mol. The molecule has 0 atom stereocenters. The highest BCUT2D eigenvalue weighted by molar-refractivity contribution is 9.10. The first-order valence-corrected chi connectivity index (χ1v) is 6.26. The second-order valence-electron chi connectivity index (χ2n) is 3.31. The number of hydrogen-bond acceptors (Lipinski definition) is 4. The van der Waals surface area contributed by atoms with Crippen molar-refractivity contribution in [3.63, 3.8) is 0 Å². The van der Waals surface area contributed by atoms with Crippen LogP contribution in [0.5, 0.6) is 0 Å². The Morgan fingerprint density at radius 2 is 1.78 bits per heavy atom. The molecule has 0 saturated carbocycles. The molecule has 1 aromatic heterocycles. The summed E-state index contributed by atoms with van der Waals surface area (Å²) in [5.74, 6) is -1.11. The van der Waals surface area contributed by atoms with Crippen molar-refractivity contribution in [2.24, 2.45) is 0 Å². The van der Waals surface area contributed by atoms with Crippen molar-refractivity contribution < 1.29 is 8.78 Å². The minimum absolute atomic E-state index is 0.0424. The molecule has 0 spiro atoms. The highest BCUT2D eigenvalue weighted by Crippen LogP contribution is 2.26. The molecule has 0 aliphatic carbocycles. The van der Waals surface area contributed by atoms with E-state index in [0.717, 1.165) is 6.07 Å². The summed E-state index contributed by atoms with van der Waals surface area (Å²) in [6.07, 6.45) is 0. The number of rotatable bonds is 2. The van der Waals surface area contributed by atoms with E-state index in [1.165, 1.54) is 12.1 Å². The standard InChI is InChI=1S/C10H6Br2F2N4/c11-4-1-7(6(14)2-5(4)13)16-10-17-8(12)3-9(15)18-10/h1-3H,(H3,15,16,17,18). The third-order valence-corrected chi connectivity index (χ3v) is 2.99. The van der Waals surface area contributed by atoms with E-state index in [9.17, 15) is 8.78 Å². The van der Waals surface area contributed by atoms with Gasteiger partial charge in [-0.1, -0.05) is 0 Å². The number of hydrogen-bond donors (Lipinski definition) is 2. The van der Waals surface area contributed by atoms with Gasteiger partial charge in [-0.25, -0.2) is 13.8 Å². The fourth-order valence-electron chi connectivity index (χ4n) is 1.23. The lowest BCUT2D eigenvalue weighted by atomic mass is 10.3. The van der Waals surface area contributed by atoms with Gasteiger partial charge in [0, 0.05) is 12.1 Å². The lowest BCUT2D eigenvalue weighted by Gasteiger charge is -2.08. The zero-order valence-electron chi connectivity index (χ0n) is 8.72. The van der Waals surface area contributed by atoms with E-state index < -0.39 is 11.6 Å². The summed E-state index contributed by atoms with van der Waals surface area (Å²) in [5, 5.41) is 2.62. The molecule has 8 heteroatoms. The summed E-state index contributed by atoms with van der Waals surface area (Å²) in [7, 11) is 0. The maximum atomic E-state index is 13.5. The van der Waals surface area contributed by atoms with E-state index in [2.05, 4.69) is 47.1 Å². The van der Waals surface area contributed by atoms with Crippen molar-refractivity contribution >= 4 is 49.3 Å². The summed E-state index contributed by atoms with van der Waals surface area (Å²) >= 11 is 6.10. The van der Waals surface area contributed by atoms with Gasteiger partial charge in [0.15, 0.2) is 0 Å². The summed E-state index contributed by atoms with van der Waals surface area (Å²) in [5.41, 5.74) is 5.56. The van der Waals surface area contributed by atoms with Gasteiger partial charge >= 0.3 is 0 Å². The number of nitrogens with two attached hydrogens (primary N) is 1. The molecule has 2 rings (SSSR count). The largest absolute Gasteiger partial charge is 0.383 e. The molecule has 0 amide bonds. The highest BCUT2D eigenvalue weighted by atomic mass is 79.9. The van der Waals surface area contributed by atoms with Crippen molar-refractivity contribution in [1.29, 1.82) is 0 Å². The fourth-order valence-corrected chi connectivity index (χ4v) is 1.98. The molecule has 4 nitrogen and oxygen atoms in total. The van der Waals surface area contributed by atoms with E-state index in [-0.39, 0.29) is 21.9 Å². The van der Waals surface area contributed by atoms with Crippen LogP contribution >= 0.6 is 31.9 Å². The Labute approximate surface area is 118 Å². The van der Waals surface area contributed by atoms with Gasteiger partial charge in [-0.15, -0.1) is 0 Å². The molecule has 94 valence electrons. The van der Waals surface area contributed by atoms with Crippen LogP contribution in [0.4, 0.5) is 26.2 Å². The summed E-state index contributed by atoms with van der Waals surface area (Å²) in [4.78, 5) is 7.83. The van der Waals surface area contributed by atoms with Crippen LogP contribution in [0.3, 0.4) is 0 Å². The van der Waals surface area contributed by atoms with Crippen molar-refractivity contribution in [2.45, 2.75) is 0 Å². The number of anilines is 3. The number of nitrogen functional groups attached to an aromatic ring is 1. The molecular weight excluding hydrogens is 374 g/mol. The van der Waals surface area contributed by atoms with Crippen LogP contribution in [0, 0.1) is 11.6 Å². The fraction of sp³-hybridized carbons (Fsp3) is 0. The molecule has 2 aromatic rings. The third kappa shape index (κ3) is 2.94. The molecule has 0 fully saturated rings. The van der Waals surface area contributed by atoms with Crippen molar-refractivity contribution in [3.05, 3.63) is 38.9 Å². The van der Waals surface area contributed by atoms with E-state index in [4.69, 9.17) is 5.73 Å². The monoisotopic (exact) mass is 378 g/mol. The van der Waals surface area contributed by atoms with Gasteiger partial charge in [-0.05, 0) is 37.9 Å². The Kier molecular flexibility index (Phi) is 3.76. The smallest absolute Gasteiger partial charge is 0.230 e. The van der Waals surface area contributed by atoms with Crippen LogP contribution in [0.25, 0.3) is 0 Å². The maximum Gasteiger partial charge on any atom is 0.230 e. The Balaban J connectivity index is 2.36. The molecule has 0 unspecified atom stereocenters. The molecule has 0 aliphatic heterocycles. The predicted octanol–water partition coefficient (Wildman–Crippen LogP) is 3.61. The molecule has 1 heterocycles. The first-order valence-electron chi connectivity index (χ1n) is 4.67. The molecule has 1 aromatic carbocycles. The van der Waals surface area contributed by atoms with Crippen LogP contribution in [0.1, 0.15) is 0 Å².